The summed E-state index contributed by atoms with van der Waals surface area (Å²) in [7, 11) is 2.08. The Balaban J connectivity index is 2.22. The van der Waals surface area contributed by atoms with E-state index in [4.69, 9.17) is 16.3 Å². The maximum absolute atomic E-state index is 12.1. The summed E-state index contributed by atoms with van der Waals surface area (Å²) in [5.41, 5.74) is 1.19. The summed E-state index contributed by atoms with van der Waals surface area (Å²) in [5.74, 6) is 0. The fourth-order valence-corrected chi connectivity index (χ4v) is 2.67. The number of nitrogens with zero attached hydrogens (tertiary/aromatic N) is 1. The van der Waals surface area contributed by atoms with Gasteiger partial charge in [-0.25, -0.2) is 4.79 Å². The zero-order valence-corrected chi connectivity index (χ0v) is 14.3. The zero-order chi connectivity index (χ0) is 16.3. The summed E-state index contributed by atoms with van der Waals surface area (Å²) in [5, 5.41) is 6.79. The predicted molar refractivity (Wildman–Crippen MR) is 89.5 cm³/mol. The topological polar surface area (TPSA) is 53.6 Å². The molecule has 1 fully saturated rings. The van der Waals surface area contributed by atoms with Crippen molar-refractivity contribution in [3.05, 3.63) is 28.8 Å². The molecule has 1 aromatic rings. The van der Waals surface area contributed by atoms with Crippen LogP contribution in [-0.2, 0) is 4.74 Å². The predicted octanol–water partition coefficient (Wildman–Crippen LogP) is 3.26. The molecule has 1 aliphatic rings. The first-order chi connectivity index (χ1) is 10.3. The Kier molecular flexibility index (Phi) is 5.32. The average molecular weight is 326 g/mol. The molecule has 22 heavy (non-hydrogen) atoms. The van der Waals surface area contributed by atoms with Crippen LogP contribution < -0.4 is 10.6 Å². The molecule has 1 aromatic carbocycles. The normalized spacial score (nSPS) is 19.8. The van der Waals surface area contributed by atoms with Crippen molar-refractivity contribution in [3.63, 3.8) is 0 Å². The van der Waals surface area contributed by atoms with Crippen molar-refractivity contribution < 1.29 is 9.53 Å². The van der Waals surface area contributed by atoms with Gasteiger partial charge >= 0.3 is 6.09 Å². The summed E-state index contributed by atoms with van der Waals surface area (Å²) < 4.78 is 5.33. The summed E-state index contributed by atoms with van der Waals surface area (Å²) in [4.78, 5) is 14.3. The molecule has 1 heterocycles. The Hall–Kier alpha value is -1.30. The fourth-order valence-electron chi connectivity index (χ4n) is 2.49. The van der Waals surface area contributed by atoms with Gasteiger partial charge in [-0.1, -0.05) is 17.7 Å². The Labute approximate surface area is 137 Å². The minimum Gasteiger partial charge on any atom is -0.444 e. The van der Waals surface area contributed by atoms with Crippen molar-refractivity contribution in [2.75, 3.05) is 32.0 Å². The van der Waals surface area contributed by atoms with Gasteiger partial charge in [0.15, 0.2) is 0 Å². The fraction of sp³-hybridized carbons (Fsp3) is 0.562. The molecule has 122 valence electrons. The molecule has 0 bridgehead atoms. The molecule has 1 unspecified atom stereocenters. The van der Waals surface area contributed by atoms with Gasteiger partial charge in [0.2, 0.25) is 0 Å². The first-order valence-electron chi connectivity index (χ1n) is 7.47. The van der Waals surface area contributed by atoms with Crippen LogP contribution in [0.2, 0.25) is 5.02 Å². The number of ether oxygens (including phenoxy) is 1. The lowest BCUT2D eigenvalue weighted by molar-refractivity contribution is 0.0635. The second kappa shape index (κ2) is 6.86. The molecule has 1 aliphatic heterocycles. The molecule has 0 saturated carbocycles. The maximum atomic E-state index is 12.1. The second-order valence-electron chi connectivity index (χ2n) is 6.56. The average Bonchev–Trinajstić information content (AvgIpc) is 2.38. The number of hydrogen-bond acceptors (Lipinski definition) is 4. The molecule has 5 nitrogen and oxygen atoms in total. The van der Waals surface area contributed by atoms with Crippen LogP contribution in [0.4, 0.5) is 10.5 Å². The van der Waals surface area contributed by atoms with E-state index in [0.717, 1.165) is 25.2 Å². The third-order valence-corrected chi connectivity index (χ3v) is 3.76. The van der Waals surface area contributed by atoms with Gasteiger partial charge < -0.3 is 10.1 Å². The van der Waals surface area contributed by atoms with Crippen LogP contribution in [0.25, 0.3) is 0 Å². The number of hydrogen-bond donors (Lipinski definition) is 2. The van der Waals surface area contributed by atoms with E-state index in [9.17, 15) is 4.79 Å². The highest BCUT2D eigenvalue weighted by Gasteiger charge is 2.24. The number of rotatable bonds is 2. The minimum atomic E-state index is -0.536. The number of amides is 1. The summed E-state index contributed by atoms with van der Waals surface area (Å²) in [6, 6.07) is 5.77. The summed E-state index contributed by atoms with van der Waals surface area (Å²) in [6.45, 7) is 8.27. The lowest BCUT2D eigenvalue weighted by atomic mass is 10.0. The Morgan fingerprint density at radius 2 is 2.18 bits per heavy atom. The maximum Gasteiger partial charge on any atom is 0.412 e. The van der Waals surface area contributed by atoms with E-state index in [1.807, 2.05) is 32.9 Å². The third kappa shape index (κ3) is 4.60. The van der Waals surface area contributed by atoms with Crippen LogP contribution in [0.15, 0.2) is 18.2 Å². The Morgan fingerprint density at radius 3 is 2.82 bits per heavy atom. The van der Waals surface area contributed by atoms with E-state index in [-0.39, 0.29) is 6.04 Å². The van der Waals surface area contributed by atoms with Gasteiger partial charge in [-0.05, 0) is 45.5 Å². The van der Waals surface area contributed by atoms with Crippen LogP contribution in [0.1, 0.15) is 32.4 Å². The largest absolute Gasteiger partial charge is 0.444 e. The van der Waals surface area contributed by atoms with Crippen LogP contribution in [0, 0.1) is 0 Å². The number of likely N-dealkylation sites (N-methyl/N-ethyl adjacent to an activating group) is 1. The molecular weight excluding hydrogens is 302 g/mol. The number of piperazine rings is 1. The van der Waals surface area contributed by atoms with Crippen LogP contribution >= 0.6 is 11.6 Å². The lowest BCUT2D eigenvalue weighted by Gasteiger charge is -2.34. The molecule has 1 saturated heterocycles. The van der Waals surface area contributed by atoms with E-state index in [2.05, 4.69) is 22.6 Å². The lowest BCUT2D eigenvalue weighted by Crippen LogP contribution is -2.44. The molecular formula is C16H24ClN3O2. The van der Waals surface area contributed by atoms with Crippen molar-refractivity contribution in [3.8, 4) is 0 Å². The van der Waals surface area contributed by atoms with Gasteiger partial charge in [0.1, 0.15) is 5.60 Å². The highest BCUT2D eigenvalue weighted by atomic mass is 35.5. The van der Waals surface area contributed by atoms with Crippen molar-refractivity contribution in [1.82, 2.24) is 10.2 Å². The molecule has 0 aliphatic carbocycles. The second-order valence-corrected chi connectivity index (χ2v) is 7.00. The summed E-state index contributed by atoms with van der Waals surface area (Å²) in [6.07, 6.45) is -0.470. The number of nitrogens with one attached hydrogen (secondary N) is 2. The SMILES string of the molecule is CN1CCNCC1c1ccc(Cl)cc1NC(=O)OC(C)(C)C. The molecule has 2 N–H and O–H groups in total. The Morgan fingerprint density at radius 1 is 1.45 bits per heavy atom. The molecule has 0 spiro atoms. The van der Waals surface area contributed by atoms with Gasteiger partial charge in [0, 0.05) is 30.7 Å². The van der Waals surface area contributed by atoms with E-state index in [1.54, 1.807) is 6.07 Å². The van der Waals surface area contributed by atoms with Gasteiger partial charge in [-0.15, -0.1) is 0 Å². The molecule has 1 amide bonds. The van der Waals surface area contributed by atoms with E-state index in [0.29, 0.717) is 10.7 Å². The smallest absolute Gasteiger partial charge is 0.412 e. The Bertz CT molecular complexity index is 543. The number of carbonyl (C=O) groups is 1. The monoisotopic (exact) mass is 325 g/mol. The van der Waals surface area contributed by atoms with Crippen LogP contribution in [0.5, 0.6) is 0 Å². The molecule has 2 rings (SSSR count). The van der Waals surface area contributed by atoms with Crippen LogP contribution in [0.3, 0.4) is 0 Å². The van der Waals surface area contributed by atoms with Crippen molar-refractivity contribution in [2.45, 2.75) is 32.4 Å². The van der Waals surface area contributed by atoms with E-state index < -0.39 is 11.7 Å². The van der Waals surface area contributed by atoms with Crippen molar-refractivity contribution >= 4 is 23.4 Å². The minimum absolute atomic E-state index is 0.191. The molecule has 6 heteroatoms. The van der Waals surface area contributed by atoms with Gasteiger partial charge in [-0.2, -0.15) is 0 Å². The molecule has 0 radical (unpaired) electrons. The van der Waals surface area contributed by atoms with Crippen LogP contribution in [-0.4, -0.2) is 43.3 Å². The van der Waals surface area contributed by atoms with Crippen molar-refractivity contribution in [1.29, 1.82) is 0 Å². The third-order valence-electron chi connectivity index (χ3n) is 3.52. The number of carbonyl (C=O) groups excluding carboxylic acids is 1. The molecule has 0 aromatic heterocycles. The number of anilines is 1. The standard InChI is InChI=1S/C16H24ClN3O2/c1-16(2,3)22-15(21)19-13-9-11(17)5-6-12(13)14-10-18-7-8-20(14)4/h5-6,9,14,18H,7-8,10H2,1-4H3,(H,19,21). The highest BCUT2D eigenvalue weighted by Crippen LogP contribution is 2.30. The highest BCUT2D eigenvalue weighted by molar-refractivity contribution is 6.31. The first kappa shape index (κ1) is 17.1. The van der Waals surface area contributed by atoms with Gasteiger partial charge in [-0.3, -0.25) is 10.2 Å². The number of halogens is 1. The van der Waals surface area contributed by atoms with Gasteiger partial charge in [0.05, 0.1) is 5.69 Å². The first-order valence-corrected chi connectivity index (χ1v) is 7.84. The summed E-state index contributed by atoms with van der Waals surface area (Å²) >= 11 is 6.09. The van der Waals surface area contributed by atoms with E-state index in [1.165, 1.54) is 0 Å². The quantitative estimate of drug-likeness (QED) is 0.876. The van der Waals surface area contributed by atoms with Gasteiger partial charge in [0.25, 0.3) is 0 Å². The number of benzene rings is 1. The zero-order valence-electron chi connectivity index (χ0n) is 13.6. The van der Waals surface area contributed by atoms with E-state index >= 15 is 0 Å². The molecule has 1 atom stereocenters. The van der Waals surface area contributed by atoms with Crippen molar-refractivity contribution in [2.24, 2.45) is 0 Å².